The lowest BCUT2D eigenvalue weighted by atomic mass is 10.1. The fraction of sp³-hybridized carbons (Fsp3) is 0.167. The number of amides is 2. The number of methoxy groups -OCH3 is 2. The van der Waals surface area contributed by atoms with Gasteiger partial charge in [0.15, 0.2) is 0 Å². The van der Waals surface area contributed by atoms with E-state index in [0.717, 1.165) is 5.69 Å². The van der Waals surface area contributed by atoms with Crippen molar-refractivity contribution >= 4 is 45.8 Å². The van der Waals surface area contributed by atoms with Crippen LogP contribution in [0.5, 0.6) is 11.5 Å². The summed E-state index contributed by atoms with van der Waals surface area (Å²) in [5.41, 5.74) is 2.49. The van der Waals surface area contributed by atoms with Crippen molar-refractivity contribution in [2.24, 2.45) is 0 Å². The molecule has 0 bridgehead atoms. The van der Waals surface area contributed by atoms with Crippen molar-refractivity contribution in [1.29, 1.82) is 0 Å². The normalized spacial score (nSPS) is 13.6. The molecule has 0 saturated carbocycles. The van der Waals surface area contributed by atoms with Gasteiger partial charge in [-0.05, 0) is 41.8 Å². The number of imide groups is 1. The summed E-state index contributed by atoms with van der Waals surface area (Å²) in [4.78, 5) is 30.9. The van der Waals surface area contributed by atoms with E-state index >= 15 is 0 Å². The molecule has 1 aromatic heterocycles. The Labute approximate surface area is 190 Å². The van der Waals surface area contributed by atoms with Crippen LogP contribution in [0.2, 0.25) is 0 Å². The zero-order valence-corrected chi connectivity index (χ0v) is 19.0. The first-order valence-electron chi connectivity index (χ1n) is 9.88. The summed E-state index contributed by atoms with van der Waals surface area (Å²) in [6.07, 6.45) is 0. The molecule has 7 nitrogen and oxygen atoms in total. The summed E-state index contributed by atoms with van der Waals surface area (Å²) >= 11 is 1.40. The molecule has 0 radical (unpaired) electrons. The Kier molecular flexibility index (Phi) is 5.87. The third-order valence-corrected chi connectivity index (χ3v) is 6.01. The highest BCUT2D eigenvalue weighted by molar-refractivity contribution is 7.11. The second-order valence-corrected chi connectivity index (χ2v) is 8.23. The molecular weight excluding hydrogens is 426 g/mol. The predicted molar refractivity (Wildman–Crippen MR) is 128 cm³/mol. The van der Waals surface area contributed by atoms with Crippen molar-refractivity contribution in [2.75, 3.05) is 43.4 Å². The van der Waals surface area contributed by atoms with E-state index in [1.807, 2.05) is 54.7 Å². The number of rotatable bonds is 7. The van der Waals surface area contributed by atoms with E-state index < -0.39 is 5.91 Å². The predicted octanol–water partition coefficient (Wildman–Crippen LogP) is 4.23. The molecule has 0 atom stereocenters. The molecule has 3 aromatic rings. The molecule has 4 rings (SSSR count). The third kappa shape index (κ3) is 3.80. The molecule has 2 amide bonds. The van der Waals surface area contributed by atoms with Gasteiger partial charge in [-0.2, -0.15) is 0 Å². The number of thiophene rings is 1. The fourth-order valence-electron chi connectivity index (χ4n) is 3.48. The molecule has 8 heteroatoms. The minimum absolute atomic E-state index is 0.205. The summed E-state index contributed by atoms with van der Waals surface area (Å²) < 4.78 is 10.7. The van der Waals surface area contributed by atoms with Gasteiger partial charge in [-0.25, -0.2) is 4.90 Å². The van der Waals surface area contributed by atoms with Gasteiger partial charge in [-0.15, -0.1) is 11.3 Å². The summed E-state index contributed by atoms with van der Waals surface area (Å²) in [6.45, 7) is 0. The van der Waals surface area contributed by atoms with Crippen LogP contribution in [-0.2, 0) is 9.59 Å². The SMILES string of the molecule is COc1ccc(NC2=C(c3cccs3)C(=O)N(c3cccc(N(C)C)c3)C2=O)c(OC)c1. The van der Waals surface area contributed by atoms with Crippen LogP contribution in [0.25, 0.3) is 5.57 Å². The molecule has 0 fully saturated rings. The lowest BCUT2D eigenvalue weighted by Crippen LogP contribution is -2.32. The van der Waals surface area contributed by atoms with Crippen LogP contribution in [0, 0.1) is 0 Å². The van der Waals surface area contributed by atoms with Gasteiger partial charge >= 0.3 is 0 Å². The van der Waals surface area contributed by atoms with Gasteiger partial charge in [-0.3, -0.25) is 9.59 Å². The van der Waals surface area contributed by atoms with E-state index in [-0.39, 0.29) is 11.6 Å². The maximum Gasteiger partial charge on any atom is 0.282 e. The monoisotopic (exact) mass is 449 g/mol. The summed E-state index contributed by atoms with van der Waals surface area (Å²) in [5, 5.41) is 5.03. The van der Waals surface area contributed by atoms with Gasteiger partial charge in [0.2, 0.25) is 0 Å². The highest BCUT2D eigenvalue weighted by atomic mass is 32.1. The molecule has 1 N–H and O–H groups in total. The molecule has 1 aliphatic heterocycles. The van der Waals surface area contributed by atoms with E-state index in [4.69, 9.17) is 9.47 Å². The maximum atomic E-state index is 13.5. The molecule has 164 valence electrons. The molecule has 32 heavy (non-hydrogen) atoms. The van der Waals surface area contributed by atoms with Crippen LogP contribution in [0.15, 0.2) is 65.7 Å². The Morgan fingerprint density at radius 1 is 0.938 bits per heavy atom. The highest BCUT2D eigenvalue weighted by Gasteiger charge is 2.41. The van der Waals surface area contributed by atoms with Gasteiger partial charge in [0.1, 0.15) is 17.2 Å². The van der Waals surface area contributed by atoms with Crippen LogP contribution in [0.3, 0.4) is 0 Å². The minimum atomic E-state index is -0.424. The van der Waals surface area contributed by atoms with Crippen molar-refractivity contribution in [1.82, 2.24) is 0 Å². The number of nitrogens with one attached hydrogen (secondary N) is 1. The second kappa shape index (κ2) is 8.76. The van der Waals surface area contributed by atoms with E-state index in [2.05, 4.69) is 5.32 Å². The van der Waals surface area contributed by atoms with Crippen molar-refractivity contribution in [3.05, 3.63) is 70.6 Å². The largest absolute Gasteiger partial charge is 0.497 e. The van der Waals surface area contributed by atoms with Crippen molar-refractivity contribution in [2.45, 2.75) is 0 Å². The second-order valence-electron chi connectivity index (χ2n) is 7.28. The van der Waals surface area contributed by atoms with Crippen LogP contribution >= 0.6 is 11.3 Å². The highest BCUT2D eigenvalue weighted by Crippen LogP contribution is 2.38. The number of carbonyl (C=O) groups excluding carboxylic acids is 2. The number of benzene rings is 2. The van der Waals surface area contributed by atoms with Crippen LogP contribution in [0.4, 0.5) is 17.1 Å². The molecule has 0 spiro atoms. The van der Waals surface area contributed by atoms with E-state index in [0.29, 0.717) is 33.3 Å². The maximum absolute atomic E-state index is 13.5. The standard InChI is InChI=1S/C24H23N3O4S/c1-26(2)15-7-5-8-16(13-15)27-23(28)21(20-9-6-12-32-20)22(24(27)29)25-18-11-10-17(30-3)14-19(18)31-4/h5-14,25H,1-4H3. The number of hydrogen-bond donors (Lipinski definition) is 1. The molecule has 0 unspecified atom stereocenters. The Bertz CT molecular complexity index is 1200. The Morgan fingerprint density at radius 3 is 2.41 bits per heavy atom. The third-order valence-electron chi connectivity index (χ3n) is 5.12. The molecule has 0 aliphatic carbocycles. The molecule has 2 heterocycles. The Balaban J connectivity index is 1.79. The topological polar surface area (TPSA) is 71.1 Å². The smallest absolute Gasteiger partial charge is 0.282 e. The summed E-state index contributed by atoms with van der Waals surface area (Å²) in [7, 11) is 6.92. The van der Waals surface area contributed by atoms with Crippen LogP contribution in [-0.4, -0.2) is 40.1 Å². The Hall–Kier alpha value is -3.78. The van der Waals surface area contributed by atoms with E-state index in [1.165, 1.54) is 23.3 Å². The average Bonchev–Trinajstić information content (AvgIpc) is 3.40. The number of carbonyl (C=O) groups is 2. The van der Waals surface area contributed by atoms with Gasteiger partial charge in [0, 0.05) is 30.7 Å². The zero-order chi connectivity index (χ0) is 22.8. The van der Waals surface area contributed by atoms with Gasteiger partial charge in [-0.1, -0.05) is 12.1 Å². The quantitative estimate of drug-likeness (QED) is 0.545. The lowest BCUT2D eigenvalue weighted by molar-refractivity contribution is -0.120. The van der Waals surface area contributed by atoms with E-state index in [9.17, 15) is 9.59 Å². The van der Waals surface area contributed by atoms with Crippen molar-refractivity contribution < 1.29 is 19.1 Å². The molecule has 1 aliphatic rings. The number of anilines is 3. The number of hydrogen-bond acceptors (Lipinski definition) is 7. The van der Waals surface area contributed by atoms with E-state index in [1.54, 1.807) is 31.4 Å². The molecule has 2 aromatic carbocycles. The summed E-state index contributed by atoms with van der Waals surface area (Å²) in [5.74, 6) is 0.321. The number of nitrogens with zero attached hydrogens (tertiary/aromatic N) is 2. The fourth-order valence-corrected chi connectivity index (χ4v) is 4.24. The lowest BCUT2D eigenvalue weighted by Gasteiger charge is -2.19. The van der Waals surface area contributed by atoms with Gasteiger partial charge in [0.05, 0.1) is 31.2 Å². The van der Waals surface area contributed by atoms with Crippen molar-refractivity contribution in [3.63, 3.8) is 0 Å². The van der Waals surface area contributed by atoms with Gasteiger partial charge in [0.25, 0.3) is 11.8 Å². The zero-order valence-electron chi connectivity index (χ0n) is 18.2. The first-order chi connectivity index (χ1) is 15.4. The summed E-state index contributed by atoms with van der Waals surface area (Å²) in [6, 6.07) is 16.2. The molecule has 0 saturated heterocycles. The van der Waals surface area contributed by atoms with Crippen LogP contribution < -0.4 is 24.6 Å². The Morgan fingerprint density at radius 2 is 1.75 bits per heavy atom. The number of ether oxygens (including phenoxy) is 2. The minimum Gasteiger partial charge on any atom is -0.497 e. The van der Waals surface area contributed by atoms with Crippen molar-refractivity contribution in [3.8, 4) is 11.5 Å². The first-order valence-corrected chi connectivity index (χ1v) is 10.8. The average molecular weight is 450 g/mol. The van der Waals surface area contributed by atoms with Crippen LogP contribution in [0.1, 0.15) is 4.88 Å². The molecular formula is C24H23N3O4S. The van der Waals surface area contributed by atoms with Gasteiger partial charge < -0.3 is 19.7 Å². The first kappa shape index (κ1) is 21.5.